The molecular weight excluding hydrogens is 401 g/mol. The summed E-state index contributed by atoms with van der Waals surface area (Å²) in [5, 5.41) is 3.46. The molecule has 9 heteroatoms. The lowest BCUT2D eigenvalue weighted by Gasteiger charge is -2.24. The van der Waals surface area contributed by atoms with E-state index in [1.54, 1.807) is 20.8 Å². The largest absolute Gasteiger partial charge is 0.444 e. The van der Waals surface area contributed by atoms with Crippen LogP contribution in [0.2, 0.25) is 15.1 Å². The molecule has 0 radical (unpaired) electrons. The van der Waals surface area contributed by atoms with Crippen molar-refractivity contribution in [1.82, 2.24) is 10.7 Å². The molecule has 0 bridgehead atoms. The number of halogens is 3. The minimum absolute atomic E-state index is 0.170. The highest BCUT2D eigenvalue weighted by Gasteiger charge is 2.25. The maximum atomic E-state index is 12.5. The molecular formula is C17H24Cl3N3O3. The molecule has 1 aromatic carbocycles. The number of rotatable bonds is 6. The van der Waals surface area contributed by atoms with Crippen molar-refractivity contribution in [3.05, 3.63) is 27.2 Å². The zero-order chi connectivity index (χ0) is 20.1. The quantitative estimate of drug-likeness (QED) is 0.560. The molecule has 1 atom stereocenters. The maximum Gasteiger partial charge on any atom is 0.408 e. The number of hydrogen-bond donors (Lipinski definition) is 3. The number of ether oxygens (including phenoxy) is 1. The van der Waals surface area contributed by atoms with Gasteiger partial charge in [0.25, 0.3) is 5.91 Å². The van der Waals surface area contributed by atoms with E-state index in [2.05, 4.69) is 16.2 Å². The van der Waals surface area contributed by atoms with Crippen LogP contribution >= 0.6 is 34.8 Å². The third-order valence-corrected chi connectivity index (χ3v) is 3.85. The minimum atomic E-state index is -0.790. The summed E-state index contributed by atoms with van der Waals surface area (Å²) in [5.41, 5.74) is 4.82. The molecule has 0 saturated carbocycles. The SMILES string of the molecule is CC(C)CC(NC(=O)OC(C)(C)C)C(=O)NNc1c(Cl)cc(Cl)cc1Cl. The molecule has 2 amide bonds. The highest BCUT2D eigenvalue weighted by Crippen LogP contribution is 2.33. The Morgan fingerprint density at radius 2 is 1.65 bits per heavy atom. The van der Waals surface area contributed by atoms with Gasteiger partial charge in [0.2, 0.25) is 0 Å². The predicted molar refractivity (Wildman–Crippen MR) is 106 cm³/mol. The first-order valence-corrected chi connectivity index (χ1v) is 9.22. The summed E-state index contributed by atoms with van der Waals surface area (Å²) < 4.78 is 5.21. The Labute approximate surface area is 168 Å². The van der Waals surface area contributed by atoms with Crippen LogP contribution < -0.4 is 16.2 Å². The van der Waals surface area contributed by atoms with Crippen molar-refractivity contribution in [2.45, 2.75) is 52.7 Å². The van der Waals surface area contributed by atoms with Crippen LogP contribution in [0.15, 0.2) is 12.1 Å². The summed E-state index contributed by atoms with van der Waals surface area (Å²) in [7, 11) is 0. The molecule has 6 nitrogen and oxygen atoms in total. The smallest absolute Gasteiger partial charge is 0.408 e. The Morgan fingerprint density at radius 3 is 2.12 bits per heavy atom. The maximum absolute atomic E-state index is 12.5. The first kappa shape index (κ1) is 22.7. The van der Waals surface area contributed by atoms with E-state index < -0.39 is 23.6 Å². The molecule has 0 aliphatic rings. The lowest BCUT2D eigenvalue weighted by molar-refractivity contribution is -0.123. The Kier molecular flexibility index (Phi) is 8.31. The standard InChI is InChI=1S/C17H24Cl3N3O3/c1-9(2)6-13(21-16(25)26-17(3,4)5)15(24)23-22-14-11(19)7-10(18)8-12(14)20/h7-9,13,22H,6H2,1-5H3,(H,21,25)(H,23,24). The van der Waals surface area contributed by atoms with E-state index in [9.17, 15) is 9.59 Å². The van der Waals surface area contributed by atoms with Crippen molar-refractivity contribution in [2.24, 2.45) is 5.92 Å². The fourth-order valence-corrected chi connectivity index (χ4v) is 2.94. The molecule has 26 heavy (non-hydrogen) atoms. The molecule has 0 heterocycles. The van der Waals surface area contributed by atoms with Gasteiger partial charge in [-0.2, -0.15) is 0 Å². The number of hydrazine groups is 1. The van der Waals surface area contributed by atoms with Gasteiger partial charge in [-0.25, -0.2) is 4.79 Å². The lowest BCUT2D eigenvalue weighted by atomic mass is 10.0. The lowest BCUT2D eigenvalue weighted by Crippen LogP contribution is -2.50. The van der Waals surface area contributed by atoms with Crippen molar-refractivity contribution in [3.63, 3.8) is 0 Å². The minimum Gasteiger partial charge on any atom is -0.444 e. The van der Waals surface area contributed by atoms with Crippen LogP contribution in [-0.4, -0.2) is 23.6 Å². The number of alkyl carbamates (subject to hydrolysis) is 1. The second-order valence-electron chi connectivity index (χ2n) is 7.19. The van der Waals surface area contributed by atoms with Gasteiger partial charge in [0.15, 0.2) is 0 Å². The highest BCUT2D eigenvalue weighted by molar-refractivity contribution is 6.41. The Bertz CT molecular complexity index is 637. The van der Waals surface area contributed by atoms with Crippen LogP contribution in [0.3, 0.4) is 0 Å². The van der Waals surface area contributed by atoms with Crippen LogP contribution in [0.1, 0.15) is 41.0 Å². The fourth-order valence-electron chi connectivity index (χ4n) is 2.03. The Hall–Kier alpha value is -1.37. The number of nitrogens with one attached hydrogen (secondary N) is 3. The van der Waals surface area contributed by atoms with Crippen molar-refractivity contribution in [1.29, 1.82) is 0 Å². The van der Waals surface area contributed by atoms with Crippen LogP contribution in [0.5, 0.6) is 0 Å². The molecule has 0 spiro atoms. The monoisotopic (exact) mass is 423 g/mol. The number of benzene rings is 1. The van der Waals surface area contributed by atoms with E-state index in [0.717, 1.165) is 0 Å². The number of carbonyl (C=O) groups excluding carboxylic acids is 2. The van der Waals surface area contributed by atoms with Gasteiger partial charge in [-0.15, -0.1) is 0 Å². The third-order valence-electron chi connectivity index (χ3n) is 3.03. The van der Waals surface area contributed by atoms with Gasteiger partial charge >= 0.3 is 6.09 Å². The van der Waals surface area contributed by atoms with Crippen molar-refractivity contribution in [2.75, 3.05) is 5.43 Å². The van der Waals surface area contributed by atoms with E-state index in [4.69, 9.17) is 39.5 Å². The molecule has 0 aliphatic carbocycles. The second-order valence-corrected chi connectivity index (χ2v) is 8.44. The van der Waals surface area contributed by atoms with Crippen molar-refractivity contribution >= 4 is 52.5 Å². The van der Waals surface area contributed by atoms with Crippen LogP contribution in [0.25, 0.3) is 0 Å². The summed E-state index contributed by atoms with van der Waals surface area (Å²) >= 11 is 18.0. The van der Waals surface area contributed by atoms with E-state index in [1.807, 2.05) is 13.8 Å². The molecule has 0 aliphatic heterocycles. The second kappa shape index (κ2) is 9.53. The summed E-state index contributed by atoms with van der Waals surface area (Å²) in [6.07, 6.45) is -0.240. The Balaban J connectivity index is 2.79. The predicted octanol–water partition coefficient (Wildman–Crippen LogP) is 5.03. The summed E-state index contributed by atoms with van der Waals surface area (Å²) in [6.45, 7) is 9.12. The Morgan fingerprint density at radius 1 is 1.12 bits per heavy atom. The molecule has 146 valence electrons. The number of hydrogen-bond acceptors (Lipinski definition) is 4. The normalized spacial score (nSPS) is 12.5. The summed E-state index contributed by atoms with van der Waals surface area (Å²) in [4.78, 5) is 24.5. The van der Waals surface area contributed by atoms with Gasteiger partial charge in [0, 0.05) is 5.02 Å². The zero-order valence-corrected chi connectivity index (χ0v) is 17.6. The molecule has 0 aromatic heterocycles. The van der Waals surface area contributed by atoms with Gasteiger partial charge < -0.3 is 10.1 Å². The summed E-state index contributed by atoms with van der Waals surface area (Å²) in [5.74, 6) is -0.282. The number of anilines is 1. The zero-order valence-electron chi connectivity index (χ0n) is 15.4. The first-order valence-electron chi connectivity index (χ1n) is 8.09. The fraction of sp³-hybridized carbons (Fsp3) is 0.529. The van der Waals surface area contributed by atoms with Crippen LogP contribution in [0.4, 0.5) is 10.5 Å². The molecule has 0 fully saturated rings. The van der Waals surface area contributed by atoms with Gasteiger partial charge in [-0.3, -0.25) is 15.6 Å². The van der Waals surface area contributed by atoms with E-state index >= 15 is 0 Å². The first-order chi connectivity index (χ1) is 11.9. The van der Waals surface area contributed by atoms with Gasteiger partial charge in [0.05, 0.1) is 15.7 Å². The molecule has 1 aromatic rings. The topological polar surface area (TPSA) is 79.5 Å². The van der Waals surface area contributed by atoms with Gasteiger partial charge in [0.1, 0.15) is 11.6 Å². The van der Waals surface area contributed by atoms with Crippen LogP contribution in [-0.2, 0) is 9.53 Å². The molecule has 1 rings (SSSR count). The van der Waals surface area contributed by atoms with Crippen molar-refractivity contribution < 1.29 is 14.3 Å². The number of carbonyl (C=O) groups is 2. The van der Waals surface area contributed by atoms with Gasteiger partial charge in [-0.05, 0) is 45.2 Å². The molecule has 1 unspecified atom stereocenters. The average Bonchev–Trinajstić information content (AvgIpc) is 2.42. The molecule has 3 N–H and O–H groups in total. The van der Waals surface area contributed by atoms with E-state index in [-0.39, 0.29) is 16.0 Å². The average molecular weight is 425 g/mol. The number of amides is 2. The van der Waals surface area contributed by atoms with E-state index in [0.29, 0.717) is 17.1 Å². The molecule has 0 saturated heterocycles. The third kappa shape index (κ3) is 7.89. The van der Waals surface area contributed by atoms with E-state index in [1.165, 1.54) is 12.1 Å². The highest BCUT2D eigenvalue weighted by atomic mass is 35.5. The summed E-state index contributed by atoms with van der Waals surface area (Å²) in [6, 6.07) is 2.20. The van der Waals surface area contributed by atoms with Gasteiger partial charge in [-0.1, -0.05) is 48.7 Å². The van der Waals surface area contributed by atoms with Crippen molar-refractivity contribution in [3.8, 4) is 0 Å². The van der Waals surface area contributed by atoms with Crippen LogP contribution in [0, 0.1) is 5.92 Å².